The van der Waals surface area contributed by atoms with Crippen LogP contribution in [0.5, 0.6) is 11.5 Å². The zero-order valence-electron chi connectivity index (χ0n) is 14.0. The summed E-state index contributed by atoms with van der Waals surface area (Å²) >= 11 is 0. The summed E-state index contributed by atoms with van der Waals surface area (Å²) in [6.45, 7) is 6.39. The quantitative estimate of drug-likeness (QED) is 0.835. The van der Waals surface area contributed by atoms with Crippen molar-refractivity contribution in [3.05, 3.63) is 34.9 Å². The van der Waals surface area contributed by atoms with Gasteiger partial charge in [-0.25, -0.2) is 0 Å². The van der Waals surface area contributed by atoms with Gasteiger partial charge in [0.15, 0.2) is 5.78 Å². The second-order valence-electron chi connectivity index (χ2n) is 6.95. The summed E-state index contributed by atoms with van der Waals surface area (Å²) in [7, 11) is 3.40. The molecule has 0 saturated heterocycles. The molecule has 0 spiro atoms. The molecule has 3 rings (SSSR count). The van der Waals surface area contributed by atoms with Gasteiger partial charge in [0, 0.05) is 17.0 Å². The van der Waals surface area contributed by atoms with Crippen molar-refractivity contribution in [3.8, 4) is 11.5 Å². The van der Waals surface area contributed by atoms with Crippen LogP contribution in [0.15, 0.2) is 23.8 Å². The van der Waals surface area contributed by atoms with E-state index >= 15 is 0 Å². The fraction of sp³-hybridized carbons (Fsp3) is 0.526. The molecule has 2 aliphatic rings. The molecule has 0 amide bonds. The van der Waals surface area contributed by atoms with Crippen LogP contribution in [0.2, 0.25) is 0 Å². The summed E-state index contributed by atoms with van der Waals surface area (Å²) < 4.78 is 11.2. The van der Waals surface area contributed by atoms with Crippen LogP contribution in [0.25, 0.3) is 0 Å². The monoisotopic (exact) mass is 300 g/mol. The van der Waals surface area contributed by atoms with Gasteiger partial charge >= 0.3 is 0 Å². The van der Waals surface area contributed by atoms with Crippen LogP contribution in [0.3, 0.4) is 0 Å². The minimum atomic E-state index is -0.120. The smallest absolute Gasteiger partial charge is 0.161 e. The highest BCUT2D eigenvalue weighted by Crippen LogP contribution is 2.53. The zero-order chi connectivity index (χ0) is 16.1. The highest BCUT2D eigenvalue weighted by molar-refractivity contribution is 5.98. The van der Waals surface area contributed by atoms with Gasteiger partial charge in [-0.2, -0.15) is 0 Å². The van der Waals surface area contributed by atoms with E-state index in [0.29, 0.717) is 11.7 Å². The third kappa shape index (κ3) is 1.98. The molecule has 2 atom stereocenters. The Morgan fingerprint density at radius 3 is 2.41 bits per heavy atom. The number of allylic oxidation sites excluding steroid dienone is 2. The number of hydrogen-bond acceptors (Lipinski definition) is 3. The maximum absolute atomic E-state index is 12.7. The molecular formula is C19H24O3. The predicted molar refractivity (Wildman–Crippen MR) is 86.6 cm³/mol. The minimum absolute atomic E-state index is 0.0495. The van der Waals surface area contributed by atoms with Crippen molar-refractivity contribution in [2.75, 3.05) is 14.2 Å². The molecule has 3 heteroatoms. The minimum Gasteiger partial charge on any atom is -0.496 e. The normalized spacial score (nSPS) is 25.9. The molecule has 1 unspecified atom stereocenters. The number of fused-ring (bicyclic) bond motifs is 2. The van der Waals surface area contributed by atoms with Crippen molar-refractivity contribution in [2.24, 2.45) is 11.8 Å². The van der Waals surface area contributed by atoms with Crippen molar-refractivity contribution in [3.63, 3.8) is 0 Å². The lowest BCUT2D eigenvalue weighted by Crippen LogP contribution is -2.45. The second kappa shape index (κ2) is 5.15. The first-order chi connectivity index (χ1) is 10.4. The van der Waals surface area contributed by atoms with E-state index in [-0.39, 0.29) is 11.3 Å². The highest BCUT2D eigenvalue weighted by Gasteiger charge is 2.48. The van der Waals surface area contributed by atoms with Gasteiger partial charge in [-0.15, -0.1) is 0 Å². The molecule has 0 fully saturated rings. The Balaban J connectivity index is 2.22. The van der Waals surface area contributed by atoms with E-state index in [1.807, 2.05) is 19.1 Å². The molecule has 118 valence electrons. The molecule has 0 aliphatic heterocycles. The van der Waals surface area contributed by atoms with Crippen molar-refractivity contribution in [2.45, 2.75) is 39.0 Å². The summed E-state index contributed by atoms with van der Waals surface area (Å²) in [5, 5.41) is 0. The Kier molecular flexibility index (Phi) is 3.54. The van der Waals surface area contributed by atoms with E-state index in [0.717, 1.165) is 35.5 Å². The summed E-state index contributed by atoms with van der Waals surface area (Å²) in [6, 6.07) is 3.93. The molecule has 3 nitrogen and oxygen atoms in total. The SMILES string of the molecule is COc1ccc(OC)c2c1CC1C(=O)C(C)=CC[C@H]1C2(C)C. The first-order valence-electron chi connectivity index (χ1n) is 7.87. The van der Waals surface area contributed by atoms with E-state index in [9.17, 15) is 4.79 Å². The Labute approximate surface area is 132 Å². The van der Waals surface area contributed by atoms with Gasteiger partial charge in [0.1, 0.15) is 11.5 Å². The molecule has 22 heavy (non-hydrogen) atoms. The number of benzene rings is 1. The molecule has 0 N–H and O–H groups in total. The number of methoxy groups -OCH3 is 2. The molecule has 0 radical (unpaired) electrons. The number of ether oxygens (including phenoxy) is 2. The van der Waals surface area contributed by atoms with E-state index in [2.05, 4.69) is 19.9 Å². The van der Waals surface area contributed by atoms with Crippen LogP contribution < -0.4 is 9.47 Å². The third-order valence-corrected chi connectivity index (χ3v) is 5.56. The molecule has 0 saturated carbocycles. The van der Waals surface area contributed by atoms with Crippen LogP contribution in [0, 0.1) is 11.8 Å². The molecule has 0 heterocycles. The zero-order valence-corrected chi connectivity index (χ0v) is 14.0. The lowest BCUT2D eigenvalue weighted by atomic mass is 9.56. The highest BCUT2D eigenvalue weighted by atomic mass is 16.5. The van der Waals surface area contributed by atoms with Crippen LogP contribution >= 0.6 is 0 Å². The van der Waals surface area contributed by atoms with Crippen molar-refractivity contribution in [1.29, 1.82) is 0 Å². The first kappa shape index (κ1) is 15.1. The third-order valence-electron chi connectivity index (χ3n) is 5.56. The average Bonchev–Trinajstić information content (AvgIpc) is 2.50. The maximum atomic E-state index is 12.7. The van der Waals surface area contributed by atoms with Gasteiger partial charge in [-0.05, 0) is 48.8 Å². The summed E-state index contributed by atoms with van der Waals surface area (Å²) in [4.78, 5) is 12.7. The predicted octanol–water partition coefficient (Wildman–Crippen LogP) is 3.69. The fourth-order valence-corrected chi connectivity index (χ4v) is 4.36. The van der Waals surface area contributed by atoms with E-state index < -0.39 is 0 Å². The van der Waals surface area contributed by atoms with Crippen LogP contribution in [-0.4, -0.2) is 20.0 Å². The number of carbonyl (C=O) groups is 1. The number of rotatable bonds is 2. The Morgan fingerprint density at radius 1 is 1.14 bits per heavy atom. The molecular weight excluding hydrogens is 276 g/mol. The van der Waals surface area contributed by atoms with Crippen LogP contribution in [0.4, 0.5) is 0 Å². The molecule has 1 aromatic rings. The largest absolute Gasteiger partial charge is 0.496 e. The maximum Gasteiger partial charge on any atom is 0.161 e. The van der Waals surface area contributed by atoms with Gasteiger partial charge in [-0.3, -0.25) is 4.79 Å². The number of Topliss-reactive ketones (excluding diaryl/α,β-unsaturated/α-hetero) is 1. The van der Waals surface area contributed by atoms with E-state index in [1.165, 1.54) is 5.56 Å². The summed E-state index contributed by atoms with van der Waals surface area (Å²) in [5.41, 5.74) is 3.13. The molecule has 0 aromatic heterocycles. The van der Waals surface area contributed by atoms with Gasteiger partial charge in [0.05, 0.1) is 14.2 Å². The van der Waals surface area contributed by atoms with Gasteiger partial charge in [0.25, 0.3) is 0 Å². The van der Waals surface area contributed by atoms with E-state index in [4.69, 9.17) is 9.47 Å². The topological polar surface area (TPSA) is 35.5 Å². The standard InChI is InChI=1S/C19H24O3/c1-11-6-7-14-12(18(11)20)10-13-15(21-4)8-9-16(22-5)17(13)19(14,2)3/h6,8-9,12,14H,7,10H2,1-5H3/t12?,14-/m1/s1. The Bertz CT molecular complexity index is 655. The average molecular weight is 300 g/mol. The molecule has 1 aromatic carbocycles. The number of carbonyl (C=O) groups excluding carboxylic acids is 1. The molecule has 0 bridgehead atoms. The van der Waals surface area contributed by atoms with Crippen molar-refractivity contribution < 1.29 is 14.3 Å². The number of hydrogen-bond donors (Lipinski definition) is 0. The second-order valence-corrected chi connectivity index (χ2v) is 6.95. The Morgan fingerprint density at radius 2 is 1.77 bits per heavy atom. The lowest BCUT2D eigenvalue weighted by molar-refractivity contribution is -0.122. The summed E-state index contributed by atoms with van der Waals surface area (Å²) in [5.74, 6) is 2.42. The fourth-order valence-electron chi connectivity index (χ4n) is 4.36. The summed E-state index contributed by atoms with van der Waals surface area (Å²) in [6.07, 6.45) is 3.80. The number of ketones is 1. The van der Waals surface area contributed by atoms with Crippen LogP contribution in [-0.2, 0) is 16.6 Å². The molecule has 2 aliphatic carbocycles. The van der Waals surface area contributed by atoms with Crippen LogP contribution in [0.1, 0.15) is 38.3 Å². The van der Waals surface area contributed by atoms with Gasteiger partial charge < -0.3 is 9.47 Å². The van der Waals surface area contributed by atoms with Gasteiger partial charge in [0.2, 0.25) is 0 Å². The Hall–Kier alpha value is -1.77. The lowest BCUT2D eigenvalue weighted by Gasteiger charge is -2.47. The van der Waals surface area contributed by atoms with Gasteiger partial charge in [-0.1, -0.05) is 19.9 Å². The van der Waals surface area contributed by atoms with Crippen molar-refractivity contribution >= 4 is 5.78 Å². The first-order valence-corrected chi connectivity index (χ1v) is 7.87. The van der Waals surface area contributed by atoms with E-state index in [1.54, 1.807) is 14.2 Å². The van der Waals surface area contributed by atoms with Crippen molar-refractivity contribution in [1.82, 2.24) is 0 Å².